The summed E-state index contributed by atoms with van der Waals surface area (Å²) in [6.45, 7) is 0. The number of guanidine groups is 2. The topological polar surface area (TPSA) is 146 Å². The molecular formula is C8H7BrF2N6O2. The maximum Gasteiger partial charge on any atom is 0.299 e. The van der Waals surface area contributed by atoms with E-state index in [1.165, 1.54) is 0 Å². The molecule has 19 heavy (non-hydrogen) atoms. The lowest BCUT2D eigenvalue weighted by Gasteiger charge is -2.03. The van der Waals surface area contributed by atoms with Crippen molar-refractivity contribution in [3.63, 3.8) is 0 Å². The van der Waals surface area contributed by atoms with Crippen LogP contribution in [0.3, 0.4) is 0 Å². The summed E-state index contributed by atoms with van der Waals surface area (Å²) in [5.74, 6) is -3.74. The SMILES string of the molecule is NC(N)=NC(N)=Nc1c([N+](=O)[O-])cc(F)c(F)c1Br. The number of nitrogens with two attached hydrogens (primary N) is 3. The largest absolute Gasteiger partial charge is 0.370 e. The third-order valence-electron chi connectivity index (χ3n) is 1.78. The number of aliphatic imine (C=N–C) groups is 2. The zero-order valence-electron chi connectivity index (χ0n) is 9.10. The second-order valence-electron chi connectivity index (χ2n) is 3.12. The van der Waals surface area contributed by atoms with E-state index in [9.17, 15) is 18.9 Å². The Kier molecular flexibility index (Phi) is 4.32. The van der Waals surface area contributed by atoms with Crippen LogP contribution in [0.25, 0.3) is 0 Å². The van der Waals surface area contributed by atoms with Crippen molar-refractivity contribution in [2.24, 2.45) is 27.2 Å². The lowest BCUT2D eigenvalue weighted by molar-refractivity contribution is -0.384. The van der Waals surface area contributed by atoms with Gasteiger partial charge in [0.1, 0.15) is 0 Å². The third kappa shape index (κ3) is 3.34. The molecule has 0 radical (unpaired) electrons. The Bertz CT molecular complexity index is 599. The van der Waals surface area contributed by atoms with Crippen LogP contribution in [0.5, 0.6) is 0 Å². The molecule has 0 fully saturated rings. The Morgan fingerprint density at radius 1 is 1.37 bits per heavy atom. The number of nitro benzene ring substituents is 1. The van der Waals surface area contributed by atoms with E-state index < -0.39 is 44.3 Å². The number of hydrogen-bond acceptors (Lipinski definition) is 3. The minimum Gasteiger partial charge on any atom is -0.370 e. The first kappa shape index (κ1) is 14.8. The Morgan fingerprint density at radius 3 is 2.42 bits per heavy atom. The zero-order valence-corrected chi connectivity index (χ0v) is 10.7. The van der Waals surface area contributed by atoms with E-state index in [0.717, 1.165) is 0 Å². The number of nitro groups is 1. The van der Waals surface area contributed by atoms with Crippen molar-refractivity contribution in [3.05, 3.63) is 32.3 Å². The molecule has 0 aliphatic heterocycles. The van der Waals surface area contributed by atoms with Gasteiger partial charge in [0.15, 0.2) is 23.3 Å². The highest BCUT2D eigenvalue weighted by Gasteiger charge is 2.24. The number of benzene rings is 1. The molecule has 0 unspecified atom stereocenters. The maximum atomic E-state index is 13.3. The standard InChI is InChI=1S/C8H7BrF2N6O2/c9-4-5(11)2(10)1-3(17(18)19)6(4)15-8(14)16-7(12)13/h1H,(H6,12,13,14,15,16). The fourth-order valence-electron chi connectivity index (χ4n) is 1.09. The van der Waals surface area contributed by atoms with Crippen molar-refractivity contribution in [2.75, 3.05) is 0 Å². The summed E-state index contributed by atoms with van der Waals surface area (Å²) < 4.78 is 25.8. The monoisotopic (exact) mass is 336 g/mol. The average molecular weight is 337 g/mol. The van der Waals surface area contributed by atoms with E-state index in [4.69, 9.17) is 17.2 Å². The van der Waals surface area contributed by atoms with Crippen LogP contribution in [0, 0.1) is 21.7 Å². The van der Waals surface area contributed by atoms with Crippen LogP contribution in [-0.4, -0.2) is 16.8 Å². The molecule has 0 heterocycles. The van der Waals surface area contributed by atoms with Gasteiger partial charge in [0.2, 0.25) is 5.96 Å². The zero-order chi connectivity index (χ0) is 14.7. The van der Waals surface area contributed by atoms with Gasteiger partial charge in [0.05, 0.1) is 15.5 Å². The van der Waals surface area contributed by atoms with Crippen molar-refractivity contribution in [1.29, 1.82) is 0 Å². The van der Waals surface area contributed by atoms with Crippen LogP contribution in [0.2, 0.25) is 0 Å². The van der Waals surface area contributed by atoms with Crippen LogP contribution >= 0.6 is 15.9 Å². The highest BCUT2D eigenvalue weighted by Crippen LogP contribution is 2.38. The first-order chi connectivity index (χ1) is 8.73. The van der Waals surface area contributed by atoms with Gasteiger partial charge in [-0.1, -0.05) is 0 Å². The average Bonchev–Trinajstić information content (AvgIpc) is 2.28. The van der Waals surface area contributed by atoms with Gasteiger partial charge in [-0.3, -0.25) is 10.1 Å². The van der Waals surface area contributed by atoms with E-state index in [1.807, 2.05) is 0 Å². The van der Waals surface area contributed by atoms with Crippen molar-refractivity contribution in [2.45, 2.75) is 0 Å². The fourth-order valence-corrected chi connectivity index (χ4v) is 1.57. The number of nitrogens with zero attached hydrogens (tertiary/aromatic N) is 3. The lowest BCUT2D eigenvalue weighted by Crippen LogP contribution is -2.26. The van der Waals surface area contributed by atoms with Crippen LogP contribution in [0.1, 0.15) is 0 Å². The Labute approximate surface area is 113 Å². The van der Waals surface area contributed by atoms with Crippen LogP contribution in [0.4, 0.5) is 20.2 Å². The molecule has 0 saturated heterocycles. The molecule has 6 N–H and O–H groups in total. The van der Waals surface area contributed by atoms with Crippen LogP contribution in [-0.2, 0) is 0 Å². The van der Waals surface area contributed by atoms with Gasteiger partial charge in [-0.2, -0.15) is 4.99 Å². The van der Waals surface area contributed by atoms with Gasteiger partial charge in [-0.25, -0.2) is 13.8 Å². The number of rotatable bonds is 2. The second kappa shape index (κ2) is 5.56. The fraction of sp³-hybridized carbons (Fsp3) is 0. The molecule has 0 bridgehead atoms. The summed E-state index contributed by atoms with van der Waals surface area (Å²) >= 11 is 2.65. The predicted molar refractivity (Wildman–Crippen MR) is 67.8 cm³/mol. The lowest BCUT2D eigenvalue weighted by atomic mass is 10.2. The molecule has 0 spiro atoms. The van der Waals surface area contributed by atoms with Gasteiger partial charge in [0, 0.05) is 0 Å². The summed E-state index contributed by atoms with van der Waals surface area (Å²) in [6, 6.07) is 0.377. The van der Waals surface area contributed by atoms with Gasteiger partial charge in [0.25, 0.3) is 5.69 Å². The molecule has 1 rings (SSSR count). The molecule has 0 saturated carbocycles. The highest BCUT2D eigenvalue weighted by molar-refractivity contribution is 9.10. The van der Waals surface area contributed by atoms with Crippen molar-refractivity contribution in [1.82, 2.24) is 0 Å². The molecule has 0 amide bonds. The van der Waals surface area contributed by atoms with E-state index in [0.29, 0.717) is 6.07 Å². The van der Waals surface area contributed by atoms with E-state index in [-0.39, 0.29) is 0 Å². The Hall–Kier alpha value is -2.30. The van der Waals surface area contributed by atoms with Gasteiger partial charge < -0.3 is 17.2 Å². The predicted octanol–water partition coefficient (Wildman–Crippen LogP) is 0.855. The molecule has 1 aromatic rings. The van der Waals surface area contributed by atoms with Crippen molar-refractivity contribution < 1.29 is 13.7 Å². The minimum absolute atomic E-state index is 0.377. The molecule has 8 nitrogen and oxygen atoms in total. The third-order valence-corrected chi connectivity index (χ3v) is 2.51. The summed E-state index contributed by atoms with van der Waals surface area (Å²) in [5, 5.41) is 10.7. The second-order valence-corrected chi connectivity index (χ2v) is 3.91. The molecule has 0 aromatic heterocycles. The molecular weight excluding hydrogens is 330 g/mol. The highest BCUT2D eigenvalue weighted by atomic mass is 79.9. The first-order valence-electron chi connectivity index (χ1n) is 4.49. The quantitative estimate of drug-likeness (QED) is 0.241. The smallest absolute Gasteiger partial charge is 0.299 e. The van der Waals surface area contributed by atoms with Gasteiger partial charge >= 0.3 is 0 Å². The van der Waals surface area contributed by atoms with Crippen molar-refractivity contribution >= 4 is 39.2 Å². The van der Waals surface area contributed by atoms with Crippen LogP contribution in [0.15, 0.2) is 20.5 Å². The Morgan fingerprint density at radius 2 is 1.95 bits per heavy atom. The normalized spacial score (nSPS) is 11.2. The first-order valence-corrected chi connectivity index (χ1v) is 5.29. The molecule has 0 atom stereocenters. The maximum absolute atomic E-state index is 13.3. The van der Waals surface area contributed by atoms with Gasteiger partial charge in [-0.05, 0) is 15.9 Å². The van der Waals surface area contributed by atoms with E-state index >= 15 is 0 Å². The molecule has 11 heteroatoms. The molecule has 0 aliphatic carbocycles. The summed E-state index contributed by atoms with van der Waals surface area (Å²) in [5.41, 5.74) is 14.0. The van der Waals surface area contributed by atoms with E-state index in [1.54, 1.807) is 0 Å². The Balaban J connectivity index is 3.54. The van der Waals surface area contributed by atoms with E-state index in [2.05, 4.69) is 25.9 Å². The van der Waals surface area contributed by atoms with Gasteiger partial charge in [-0.15, -0.1) is 0 Å². The summed E-state index contributed by atoms with van der Waals surface area (Å²) in [4.78, 5) is 16.6. The summed E-state index contributed by atoms with van der Waals surface area (Å²) in [7, 11) is 0. The molecule has 0 aliphatic rings. The number of hydrogen-bond donors (Lipinski definition) is 3. The summed E-state index contributed by atoms with van der Waals surface area (Å²) in [6.07, 6.45) is 0. The minimum atomic E-state index is -1.40. The van der Waals surface area contributed by atoms with Crippen molar-refractivity contribution in [3.8, 4) is 0 Å². The van der Waals surface area contributed by atoms with Crippen LogP contribution < -0.4 is 17.2 Å². The number of halogens is 3. The molecule has 102 valence electrons. The molecule has 1 aromatic carbocycles.